The second-order valence-electron chi connectivity index (χ2n) is 4.23. The van der Waals surface area contributed by atoms with E-state index in [9.17, 15) is 14.4 Å². The van der Waals surface area contributed by atoms with Gasteiger partial charge in [0, 0.05) is 12.1 Å². The highest BCUT2D eigenvalue weighted by atomic mass is 16.5. The van der Waals surface area contributed by atoms with Crippen LogP contribution in [-0.4, -0.2) is 38.1 Å². The van der Waals surface area contributed by atoms with E-state index >= 15 is 0 Å². The molecule has 3 N–H and O–H groups in total. The van der Waals surface area contributed by atoms with E-state index in [4.69, 9.17) is 5.73 Å². The summed E-state index contributed by atoms with van der Waals surface area (Å²) in [6, 6.07) is 5.50. The predicted molar refractivity (Wildman–Crippen MR) is 74.2 cm³/mol. The van der Waals surface area contributed by atoms with Gasteiger partial charge in [0.25, 0.3) is 5.91 Å². The molecule has 0 fully saturated rings. The fraction of sp³-hybridized carbons (Fsp3) is 0.357. The topological polar surface area (TPSA) is 108 Å². The molecular formula is C14H18N2O5. The van der Waals surface area contributed by atoms with Gasteiger partial charge in [-0.2, -0.15) is 0 Å². The highest BCUT2D eigenvalue weighted by molar-refractivity contribution is 5.97. The van der Waals surface area contributed by atoms with Crippen molar-refractivity contribution in [2.24, 2.45) is 5.73 Å². The van der Waals surface area contributed by atoms with Gasteiger partial charge in [-0.05, 0) is 17.7 Å². The minimum absolute atomic E-state index is 0.296. The molecule has 1 atom stereocenters. The summed E-state index contributed by atoms with van der Waals surface area (Å²) in [5.41, 5.74) is 6.70. The summed E-state index contributed by atoms with van der Waals surface area (Å²) < 4.78 is 9.03. The molecule has 0 radical (unpaired) electrons. The molecule has 0 aliphatic heterocycles. The third kappa shape index (κ3) is 4.88. The summed E-state index contributed by atoms with van der Waals surface area (Å²) >= 11 is 0. The van der Waals surface area contributed by atoms with Gasteiger partial charge in [-0.15, -0.1) is 0 Å². The Kier molecular flexibility index (Phi) is 6.35. The third-order valence-corrected chi connectivity index (χ3v) is 2.84. The van der Waals surface area contributed by atoms with Crippen LogP contribution in [0.3, 0.4) is 0 Å². The summed E-state index contributed by atoms with van der Waals surface area (Å²) in [5, 5.41) is 2.44. The molecule has 7 heteroatoms. The summed E-state index contributed by atoms with van der Waals surface area (Å²) in [6.45, 7) is 0.370. The Balaban J connectivity index is 2.78. The van der Waals surface area contributed by atoms with Gasteiger partial charge < -0.3 is 20.5 Å². The molecule has 0 spiro atoms. The zero-order valence-electron chi connectivity index (χ0n) is 11.9. The molecule has 1 amide bonds. The van der Waals surface area contributed by atoms with Crippen molar-refractivity contribution in [1.82, 2.24) is 5.32 Å². The van der Waals surface area contributed by atoms with Crippen molar-refractivity contribution < 1.29 is 23.9 Å². The Morgan fingerprint density at radius 1 is 1.14 bits per heavy atom. The summed E-state index contributed by atoms with van der Waals surface area (Å²) in [7, 11) is 2.37. The molecule has 21 heavy (non-hydrogen) atoms. The minimum Gasteiger partial charge on any atom is -0.469 e. The van der Waals surface area contributed by atoms with E-state index in [1.54, 1.807) is 24.3 Å². The number of hydrogen-bond acceptors (Lipinski definition) is 6. The maximum absolute atomic E-state index is 12.0. The normalized spacial score (nSPS) is 11.4. The summed E-state index contributed by atoms with van der Waals surface area (Å²) in [4.78, 5) is 34.9. The molecule has 0 bridgehead atoms. The van der Waals surface area contributed by atoms with Gasteiger partial charge in [0.1, 0.15) is 6.04 Å². The van der Waals surface area contributed by atoms with E-state index in [-0.39, 0.29) is 6.42 Å². The van der Waals surface area contributed by atoms with Crippen LogP contribution in [0.4, 0.5) is 0 Å². The standard InChI is InChI=1S/C14H18N2O5/c1-20-12(17)7-11(14(19)21-2)16-13(18)10-5-3-9(8-15)4-6-10/h3-6,11H,7-8,15H2,1-2H3,(H,16,18). The number of nitrogens with two attached hydrogens (primary N) is 1. The molecule has 0 aliphatic carbocycles. The Morgan fingerprint density at radius 3 is 2.24 bits per heavy atom. The zero-order chi connectivity index (χ0) is 15.8. The first-order chi connectivity index (χ1) is 10.0. The lowest BCUT2D eigenvalue weighted by Gasteiger charge is -2.15. The van der Waals surface area contributed by atoms with E-state index < -0.39 is 23.9 Å². The fourth-order valence-electron chi connectivity index (χ4n) is 1.62. The molecule has 1 aromatic carbocycles. The van der Waals surface area contributed by atoms with Gasteiger partial charge in [-0.1, -0.05) is 12.1 Å². The molecule has 0 saturated heterocycles. The first-order valence-electron chi connectivity index (χ1n) is 6.26. The number of methoxy groups -OCH3 is 2. The van der Waals surface area contributed by atoms with Gasteiger partial charge in [0.05, 0.1) is 20.6 Å². The van der Waals surface area contributed by atoms with E-state index in [0.717, 1.165) is 5.56 Å². The lowest BCUT2D eigenvalue weighted by Crippen LogP contribution is -2.43. The molecule has 114 valence electrons. The Labute approximate surface area is 122 Å². The van der Waals surface area contributed by atoms with Crippen molar-refractivity contribution in [3.05, 3.63) is 35.4 Å². The highest BCUT2D eigenvalue weighted by Crippen LogP contribution is 2.05. The largest absolute Gasteiger partial charge is 0.469 e. The van der Waals surface area contributed by atoms with Crippen LogP contribution in [0.2, 0.25) is 0 Å². The molecule has 1 unspecified atom stereocenters. The molecule has 7 nitrogen and oxygen atoms in total. The van der Waals surface area contributed by atoms with Crippen molar-refractivity contribution in [1.29, 1.82) is 0 Å². The zero-order valence-corrected chi connectivity index (χ0v) is 11.9. The monoisotopic (exact) mass is 294 g/mol. The summed E-state index contributed by atoms with van der Waals surface area (Å²) in [6.07, 6.45) is -0.296. The van der Waals surface area contributed by atoms with E-state index in [1.165, 1.54) is 14.2 Å². The molecule has 1 aromatic rings. The first kappa shape index (κ1) is 16.6. The molecule has 1 rings (SSSR count). The number of esters is 2. The van der Waals surface area contributed by atoms with Crippen molar-refractivity contribution in [2.75, 3.05) is 14.2 Å². The third-order valence-electron chi connectivity index (χ3n) is 2.84. The molecule has 0 aliphatic rings. The van der Waals surface area contributed by atoms with Crippen LogP contribution in [0.5, 0.6) is 0 Å². The first-order valence-corrected chi connectivity index (χ1v) is 6.26. The lowest BCUT2D eigenvalue weighted by atomic mass is 10.1. The maximum Gasteiger partial charge on any atom is 0.328 e. The van der Waals surface area contributed by atoms with Gasteiger partial charge in [-0.3, -0.25) is 9.59 Å². The highest BCUT2D eigenvalue weighted by Gasteiger charge is 2.25. The number of nitrogens with one attached hydrogen (secondary N) is 1. The van der Waals surface area contributed by atoms with Crippen LogP contribution in [-0.2, 0) is 25.6 Å². The second kappa shape index (κ2) is 8.01. The maximum atomic E-state index is 12.0. The van der Waals surface area contributed by atoms with Crippen LogP contribution in [0.25, 0.3) is 0 Å². The quantitative estimate of drug-likeness (QED) is 0.714. The van der Waals surface area contributed by atoms with Crippen LogP contribution >= 0.6 is 0 Å². The number of ether oxygens (including phenoxy) is 2. The number of amides is 1. The predicted octanol–water partition coefficient (Wildman–Crippen LogP) is -0.0202. The molecule has 0 saturated carbocycles. The van der Waals surface area contributed by atoms with Crippen LogP contribution < -0.4 is 11.1 Å². The average molecular weight is 294 g/mol. The number of carbonyl (C=O) groups excluding carboxylic acids is 3. The smallest absolute Gasteiger partial charge is 0.328 e. The minimum atomic E-state index is -1.09. The number of hydrogen-bond donors (Lipinski definition) is 2. The SMILES string of the molecule is COC(=O)CC(NC(=O)c1ccc(CN)cc1)C(=O)OC. The van der Waals surface area contributed by atoms with Gasteiger partial charge in [-0.25, -0.2) is 4.79 Å². The van der Waals surface area contributed by atoms with Crippen molar-refractivity contribution in [2.45, 2.75) is 19.0 Å². The van der Waals surface area contributed by atoms with E-state index in [1.807, 2.05) is 0 Å². The van der Waals surface area contributed by atoms with Crippen LogP contribution in [0.1, 0.15) is 22.3 Å². The van der Waals surface area contributed by atoms with E-state index in [2.05, 4.69) is 14.8 Å². The van der Waals surface area contributed by atoms with Crippen LogP contribution in [0.15, 0.2) is 24.3 Å². The van der Waals surface area contributed by atoms with Crippen molar-refractivity contribution in [3.8, 4) is 0 Å². The average Bonchev–Trinajstić information content (AvgIpc) is 2.53. The Hall–Kier alpha value is -2.41. The van der Waals surface area contributed by atoms with Gasteiger partial charge >= 0.3 is 11.9 Å². The van der Waals surface area contributed by atoms with Gasteiger partial charge in [0.2, 0.25) is 0 Å². The van der Waals surface area contributed by atoms with E-state index in [0.29, 0.717) is 12.1 Å². The number of benzene rings is 1. The number of carbonyl (C=O) groups is 3. The lowest BCUT2D eigenvalue weighted by molar-refractivity contribution is -0.149. The Morgan fingerprint density at radius 2 is 1.76 bits per heavy atom. The molecule has 0 aromatic heterocycles. The van der Waals surface area contributed by atoms with Crippen LogP contribution in [0, 0.1) is 0 Å². The molecule has 0 heterocycles. The van der Waals surface area contributed by atoms with Gasteiger partial charge in [0.15, 0.2) is 0 Å². The Bertz CT molecular complexity index is 513. The number of rotatable bonds is 6. The fourth-order valence-corrected chi connectivity index (χ4v) is 1.62. The summed E-state index contributed by atoms with van der Waals surface area (Å²) in [5.74, 6) is -1.82. The second-order valence-corrected chi connectivity index (χ2v) is 4.23. The molecular weight excluding hydrogens is 276 g/mol. The van der Waals surface area contributed by atoms with Crippen molar-refractivity contribution in [3.63, 3.8) is 0 Å². The van der Waals surface area contributed by atoms with Crippen molar-refractivity contribution >= 4 is 17.8 Å².